The summed E-state index contributed by atoms with van der Waals surface area (Å²) in [6.45, 7) is 21.8. The van der Waals surface area contributed by atoms with Crippen molar-refractivity contribution in [3.8, 4) is 6.07 Å². The van der Waals surface area contributed by atoms with E-state index in [0.717, 1.165) is 23.3 Å². The SMILES string of the molecule is CC(C)(C)OC=O.CCC(C)C.CCC(C)C1CCN(C)C1.Cc1ccc(C#N)c(Cl)c1. The standard InChI is InChI=1S/C9H19N.C8H6ClN.C5H10O2.C5H12/c1-4-8(2)9-5-6-10(3)7-9;1-6-2-3-7(5-10)8(9)4-6;1-5(2,3)7-4-6;1-4-5(2)3/h8-9H,4-7H2,1-3H3;2-4H,1H3;4H,1-3H3;5H,4H2,1-3H3. The monoisotopic (exact) mass is 466 g/mol. The van der Waals surface area contributed by atoms with Crippen LogP contribution in [-0.4, -0.2) is 37.1 Å². The van der Waals surface area contributed by atoms with Gasteiger partial charge in [-0.15, -0.1) is 0 Å². The zero-order valence-electron chi connectivity index (χ0n) is 22.2. The van der Waals surface area contributed by atoms with Crippen LogP contribution in [0.3, 0.4) is 0 Å². The Hall–Kier alpha value is -1.57. The lowest BCUT2D eigenvalue weighted by atomic mass is 9.91. The third-order valence-electron chi connectivity index (χ3n) is 5.34. The Morgan fingerprint density at radius 2 is 1.81 bits per heavy atom. The molecular weight excluding hydrogens is 420 g/mol. The first-order chi connectivity index (χ1) is 14.8. The first-order valence-corrected chi connectivity index (χ1v) is 12.1. The van der Waals surface area contributed by atoms with Crippen LogP contribution in [0.15, 0.2) is 18.2 Å². The normalized spacial score (nSPS) is 16.3. The fourth-order valence-corrected chi connectivity index (χ4v) is 2.90. The zero-order valence-corrected chi connectivity index (χ0v) is 22.9. The highest BCUT2D eigenvalue weighted by Crippen LogP contribution is 2.24. The quantitative estimate of drug-likeness (QED) is 0.430. The minimum Gasteiger partial charge on any atom is -0.462 e. The van der Waals surface area contributed by atoms with Gasteiger partial charge in [0.25, 0.3) is 6.47 Å². The highest BCUT2D eigenvalue weighted by molar-refractivity contribution is 6.31. The average molecular weight is 467 g/mol. The van der Waals surface area contributed by atoms with E-state index in [4.69, 9.17) is 16.9 Å². The van der Waals surface area contributed by atoms with Gasteiger partial charge in [0, 0.05) is 6.54 Å². The molecule has 0 aliphatic carbocycles. The molecule has 5 heteroatoms. The summed E-state index contributed by atoms with van der Waals surface area (Å²) >= 11 is 5.71. The molecule has 1 aliphatic heterocycles. The summed E-state index contributed by atoms with van der Waals surface area (Å²) < 4.78 is 4.55. The summed E-state index contributed by atoms with van der Waals surface area (Å²) in [4.78, 5) is 12.0. The largest absolute Gasteiger partial charge is 0.462 e. The van der Waals surface area contributed by atoms with E-state index in [9.17, 15) is 4.79 Å². The molecule has 1 aromatic carbocycles. The molecule has 2 atom stereocenters. The van der Waals surface area contributed by atoms with Crippen molar-refractivity contribution in [2.24, 2.45) is 17.8 Å². The lowest BCUT2D eigenvalue weighted by Gasteiger charge is -2.16. The number of nitriles is 1. The number of hydrogen-bond donors (Lipinski definition) is 0. The molecule has 0 amide bonds. The molecule has 1 saturated heterocycles. The highest BCUT2D eigenvalue weighted by Gasteiger charge is 2.23. The first-order valence-electron chi connectivity index (χ1n) is 11.8. The van der Waals surface area contributed by atoms with E-state index in [1.165, 1.54) is 32.4 Å². The number of rotatable bonds is 4. The van der Waals surface area contributed by atoms with Gasteiger partial charge < -0.3 is 9.64 Å². The van der Waals surface area contributed by atoms with Gasteiger partial charge in [-0.3, -0.25) is 4.79 Å². The number of carbonyl (C=O) groups excluding carboxylic acids is 1. The number of benzene rings is 1. The molecule has 0 saturated carbocycles. The molecule has 1 aliphatic rings. The lowest BCUT2D eigenvalue weighted by Crippen LogP contribution is -2.17. The summed E-state index contributed by atoms with van der Waals surface area (Å²) in [6, 6.07) is 7.35. The number of carbonyl (C=O) groups is 1. The summed E-state index contributed by atoms with van der Waals surface area (Å²) in [5.74, 6) is 2.80. The van der Waals surface area contributed by atoms with Crippen LogP contribution >= 0.6 is 11.6 Å². The maximum absolute atomic E-state index is 9.60. The number of ether oxygens (including phenoxy) is 1. The van der Waals surface area contributed by atoms with E-state index >= 15 is 0 Å². The Kier molecular flexibility index (Phi) is 18.3. The number of hydrogen-bond acceptors (Lipinski definition) is 4. The summed E-state index contributed by atoms with van der Waals surface area (Å²) in [5.41, 5.74) is 1.29. The minimum absolute atomic E-state index is 0.318. The van der Waals surface area contributed by atoms with Crippen molar-refractivity contribution in [2.45, 2.75) is 87.2 Å². The Morgan fingerprint density at radius 1 is 1.25 bits per heavy atom. The van der Waals surface area contributed by atoms with Crippen molar-refractivity contribution in [2.75, 3.05) is 20.1 Å². The van der Waals surface area contributed by atoms with Crippen LogP contribution in [0.25, 0.3) is 0 Å². The van der Waals surface area contributed by atoms with E-state index in [-0.39, 0.29) is 5.60 Å². The second-order valence-electron chi connectivity index (χ2n) is 9.92. The minimum atomic E-state index is -0.318. The van der Waals surface area contributed by atoms with Crippen LogP contribution in [0.1, 0.15) is 85.8 Å². The molecule has 4 nitrogen and oxygen atoms in total. The van der Waals surface area contributed by atoms with Crippen molar-refractivity contribution in [3.05, 3.63) is 34.3 Å². The molecule has 0 N–H and O–H groups in total. The Bertz CT molecular complexity index is 663. The number of halogens is 1. The Labute approximate surface area is 203 Å². The number of aryl methyl sites for hydroxylation is 1. The first kappa shape index (κ1) is 32.6. The predicted molar refractivity (Wildman–Crippen MR) is 138 cm³/mol. The van der Waals surface area contributed by atoms with E-state index in [1.54, 1.807) is 12.1 Å². The fraction of sp³-hybridized carbons (Fsp3) is 0.704. The van der Waals surface area contributed by atoms with Crippen LogP contribution in [0.4, 0.5) is 0 Å². The van der Waals surface area contributed by atoms with Gasteiger partial charge in [-0.1, -0.05) is 65.1 Å². The van der Waals surface area contributed by atoms with Crippen molar-refractivity contribution >= 4 is 18.1 Å². The van der Waals surface area contributed by atoms with Gasteiger partial charge in [0.15, 0.2) is 0 Å². The van der Waals surface area contributed by atoms with E-state index in [0.29, 0.717) is 17.1 Å². The summed E-state index contributed by atoms with van der Waals surface area (Å²) in [5, 5.41) is 9.00. The van der Waals surface area contributed by atoms with Gasteiger partial charge in [0.2, 0.25) is 0 Å². The van der Waals surface area contributed by atoms with Crippen molar-refractivity contribution in [3.63, 3.8) is 0 Å². The van der Waals surface area contributed by atoms with Crippen LogP contribution < -0.4 is 0 Å². The maximum atomic E-state index is 9.60. The van der Waals surface area contributed by atoms with E-state index in [1.807, 2.05) is 39.8 Å². The summed E-state index contributed by atoms with van der Waals surface area (Å²) in [7, 11) is 2.22. The maximum Gasteiger partial charge on any atom is 0.293 e. The van der Waals surface area contributed by atoms with Gasteiger partial charge in [0.05, 0.1) is 10.6 Å². The van der Waals surface area contributed by atoms with Gasteiger partial charge >= 0.3 is 0 Å². The molecule has 0 bridgehead atoms. The molecule has 2 unspecified atom stereocenters. The van der Waals surface area contributed by atoms with E-state index in [2.05, 4.69) is 51.3 Å². The molecule has 32 heavy (non-hydrogen) atoms. The number of likely N-dealkylation sites (tertiary alicyclic amines) is 1. The van der Waals surface area contributed by atoms with Crippen LogP contribution in [0.5, 0.6) is 0 Å². The van der Waals surface area contributed by atoms with Crippen molar-refractivity contribution < 1.29 is 9.53 Å². The molecule has 1 fully saturated rings. The average Bonchev–Trinajstić information content (AvgIpc) is 3.14. The van der Waals surface area contributed by atoms with Crippen LogP contribution in [0, 0.1) is 36.0 Å². The third kappa shape index (κ3) is 18.0. The molecule has 184 valence electrons. The van der Waals surface area contributed by atoms with Gasteiger partial charge in [-0.2, -0.15) is 5.26 Å². The topological polar surface area (TPSA) is 53.3 Å². The molecule has 1 aromatic rings. The fourth-order valence-electron chi connectivity index (χ4n) is 2.62. The number of nitrogens with zero attached hydrogens (tertiary/aromatic N) is 2. The third-order valence-corrected chi connectivity index (χ3v) is 5.65. The van der Waals surface area contributed by atoms with Crippen LogP contribution in [-0.2, 0) is 9.53 Å². The second kappa shape index (κ2) is 17.9. The van der Waals surface area contributed by atoms with Crippen molar-refractivity contribution in [1.82, 2.24) is 4.90 Å². The molecular formula is C27H47ClN2O2. The molecule has 1 heterocycles. The predicted octanol–water partition coefficient (Wildman–Crippen LogP) is 7.51. The van der Waals surface area contributed by atoms with Crippen LogP contribution in [0.2, 0.25) is 5.02 Å². The Morgan fingerprint density at radius 3 is 2.09 bits per heavy atom. The van der Waals surface area contributed by atoms with Gasteiger partial charge in [-0.05, 0) is 83.2 Å². The van der Waals surface area contributed by atoms with Gasteiger partial charge in [0.1, 0.15) is 11.7 Å². The van der Waals surface area contributed by atoms with Crippen molar-refractivity contribution in [1.29, 1.82) is 5.26 Å². The van der Waals surface area contributed by atoms with E-state index < -0.39 is 0 Å². The Balaban J connectivity index is 0. The lowest BCUT2D eigenvalue weighted by molar-refractivity contribution is -0.138. The smallest absolute Gasteiger partial charge is 0.293 e. The molecule has 0 spiro atoms. The molecule has 0 radical (unpaired) electrons. The molecule has 2 rings (SSSR count). The zero-order chi connectivity index (χ0) is 25.3. The molecule has 0 aromatic heterocycles. The highest BCUT2D eigenvalue weighted by atomic mass is 35.5. The second-order valence-corrected chi connectivity index (χ2v) is 10.3. The van der Waals surface area contributed by atoms with Gasteiger partial charge in [-0.25, -0.2) is 0 Å². The summed E-state index contributed by atoms with van der Waals surface area (Å²) in [6.07, 6.45) is 4.07.